The van der Waals surface area contributed by atoms with Crippen molar-refractivity contribution in [2.45, 2.75) is 16.5 Å². The zero-order chi connectivity index (χ0) is 18.9. The van der Waals surface area contributed by atoms with Crippen molar-refractivity contribution >= 4 is 35.0 Å². The number of hydrogen-bond donors (Lipinski definition) is 0. The molecule has 0 saturated heterocycles. The highest BCUT2D eigenvalue weighted by Crippen LogP contribution is 2.47. The van der Waals surface area contributed by atoms with Crippen molar-refractivity contribution < 1.29 is 17.9 Å². The molecule has 1 aliphatic rings. The van der Waals surface area contributed by atoms with Gasteiger partial charge in [0.25, 0.3) is 5.76 Å². The molecule has 0 radical (unpaired) electrons. The number of aryl methyl sites for hydroxylation is 1. The van der Waals surface area contributed by atoms with Crippen LogP contribution < -0.4 is 4.74 Å². The minimum Gasteiger partial charge on any atom is -0.469 e. The molecule has 0 amide bonds. The normalized spacial score (nSPS) is 25.4. The summed E-state index contributed by atoms with van der Waals surface area (Å²) < 4.78 is 47.6. The molecular formula is C15H11Cl2F3N4OS. The van der Waals surface area contributed by atoms with Crippen molar-refractivity contribution in [2.24, 2.45) is 7.05 Å². The summed E-state index contributed by atoms with van der Waals surface area (Å²) in [6.07, 6.45) is 7.68. The number of nitrogens with zero attached hydrogens (tertiary/aromatic N) is 4. The van der Waals surface area contributed by atoms with Crippen molar-refractivity contribution in [2.75, 3.05) is 0 Å². The molecule has 0 saturated carbocycles. The van der Waals surface area contributed by atoms with Crippen LogP contribution >= 0.6 is 35.0 Å². The van der Waals surface area contributed by atoms with Crippen LogP contribution in [0.15, 0.2) is 47.8 Å². The largest absolute Gasteiger partial charge is 0.469 e. The van der Waals surface area contributed by atoms with E-state index in [1.54, 1.807) is 19.3 Å². The van der Waals surface area contributed by atoms with Crippen LogP contribution in [0.5, 0.6) is 5.75 Å². The van der Waals surface area contributed by atoms with E-state index < -0.39 is 21.4 Å². The van der Waals surface area contributed by atoms with E-state index >= 15 is 0 Å². The number of hydrogen-bond acceptors (Lipinski definition) is 5. The van der Waals surface area contributed by atoms with Crippen LogP contribution in [0.3, 0.4) is 0 Å². The van der Waals surface area contributed by atoms with Gasteiger partial charge in [0, 0.05) is 18.1 Å². The summed E-state index contributed by atoms with van der Waals surface area (Å²) in [5, 5.41) is 1.69. The smallest absolute Gasteiger partial charge is 0.288 e. The van der Waals surface area contributed by atoms with E-state index in [0.717, 1.165) is 6.08 Å². The summed E-state index contributed by atoms with van der Waals surface area (Å²) in [6, 6.07) is 1.61. The van der Waals surface area contributed by atoms with E-state index in [9.17, 15) is 13.2 Å². The maximum atomic E-state index is 14.5. The fourth-order valence-corrected chi connectivity index (χ4v) is 3.31. The maximum absolute atomic E-state index is 14.5. The molecule has 3 rings (SSSR count). The van der Waals surface area contributed by atoms with Gasteiger partial charge >= 0.3 is 0 Å². The van der Waals surface area contributed by atoms with Crippen molar-refractivity contribution in [3.63, 3.8) is 0 Å². The zero-order valence-corrected chi connectivity index (χ0v) is 15.4. The molecule has 2 unspecified atom stereocenters. The number of rotatable bonds is 5. The van der Waals surface area contributed by atoms with Crippen LogP contribution in [0, 0.1) is 0 Å². The van der Waals surface area contributed by atoms with Crippen molar-refractivity contribution in [3.8, 4) is 5.75 Å². The summed E-state index contributed by atoms with van der Waals surface area (Å²) in [4.78, 5) is 7.20. The van der Waals surface area contributed by atoms with Gasteiger partial charge in [-0.15, -0.1) is 0 Å². The molecule has 5 nitrogen and oxygen atoms in total. The van der Waals surface area contributed by atoms with Crippen molar-refractivity contribution in [1.82, 2.24) is 19.7 Å². The average Bonchev–Trinajstić information content (AvgIpc) is 3.00. The Hall–Kier alpha value is -1.71. The Kier molecular flexibility index (Phi) is 5.23. The van der Waals surface area contributed by atoms with Gasteiger partial charge < -0.3 is 4.74 Å². The Morgan fingerprint density at radius 1 is 1.27 bits per heavy atom. The Morgan fingerprint density at radius 3 is 2.54 bits per heavy atom. The lowest BCUT2D eigenvalue weighted by Crippen LogP contribution is -2.35. The quantitative estimate of drug-likeness (QED) is 0.404. The van der Waals surface area contributed by atoms with Gasteiger partial charge in [0.05, 0.1) is 12.4 Å². The molecule has 11 heteroatoms. The molecule has 0 bridgehead atoms. The summed E-state index contributed by atoms with van der Waals surface area (Å²) in [5.74, 6) is -2.68. The van der Waals surface area contributed by atoms with Gasteiger partial charge in [-0.05, 0) is 35.9 Å². The first-order chi connectivity index (χ1) is 12.2. The van der Waals surface area contributed by atoms with E-state index in [1.165, 1.54) is 29.2 Å². The monoisotopic (exact) mass is 422 g/mol. The highest BCUT2D eigenvalue weighted by Gasteiger charge is 2.43. The highest BCUT2D eigenvalue weighted by atomic mass is 35.5. The summed E-state index contributed by atoms with van der Waals surface area (Å²) in [6.45, 7) is 0. The van der Waals surface area contributed by atoms with Gasteiger partial charge in [0.1, 0.15) is 5.69 Å². The molecule has 0 N–H and O–H groups in total. The first-order valence-electron chi connectivity index (χ1n) is 7.13. The van der Waals surface area contributed by atoms with Gasteiger partial charge in [0.2, 0.25) is 10.4 Å². The van der Waals surface area contributed by atoms with Crippen LogP contribution in [0.25, 0.3) is 0 Å². The third-order valence-electron chi connectivity index (χ3n) is 3.43. The Labute approximate surface area is 160 Å². The molecule has 0 aromatic carbocycles. The minimum absolute atomic E-state index is 0.00173. The van der Waals surface area contributed by atoms with E-state index in [4.69, 9.17) is 27.9 Å². The Bertz CT molecular complexity index is 857. The third-order valence-corrected chi connectivity index (χ3v) is 4.91. The predicted molar refractivity (Wildman–Crippen MR) is 93.1 cm³/mol. The molecule has 0 fully saturated rings. The first kappa shape index (κ1) is 19.1. The zero-order valence-electron chi connectivity index (χ0n) is 13.1. The molecule has 138 valence electrons. The summed E-state index contributed by atoms with van der Waals surface area (Å²) in [5.41, 5.74) is -1.13. The average molecular weight is 423 g/mol. The maximum Gasteiger partial charge on any atom is 0.288 e. The van der Waals surface area contributed by atoms with E-state index in [-0.39, 0.29) is 22.8 Å². The second-order valence-corrected chi connectivity index (χ2v) is 7.22. The van der Waals surface area contributed by atoms with Gasteiger partial charge in [-0.1, -0.05) is 23.4 Å². The van der Waals surface area contributed by atoms with Gasteiger partial charge in [0.15, 0.2) is 11.4 Å². The summed E-state index contributed by atoms with van der Waals surface area (Å²) in [7, 11) is 1.68. The van der Waals surface area contributed by atoms with Crippen molar-refractivity contribution in [3.05, 3.63) is 58.8 Å². The van der Waals surface area contributed by atoms with Crippen LogP contribution in [0.1, 0.15) is 5.69 Å². The van der Waals surface area contributed by atoms with Crippen molar-refractivity contribution in [1.29, 1.82) is 0 Å². The van der Waals surface area contributed by atoms with Crippen LogP contribution in [0.2, 0.25) is 5.28 Å². The van der Waals surface area contributed by atoms with E-state index in [2.05, 4.69) is 15.1 Å². The molecule has 1 aliphatic carbocycles. The van der Waals surface area contributed by atoms with Gasteiger partial charge in [-0.25, -0.2) is 14.4 Å². The standard InChI is InChI=1S/C15H11Cl2F3N4OS/c1-24-5-2-10(23-24)14(25-9-7-21-12(16)22-8-9)3-4-15(17,20)11(6-14)26-13(18)19/h2-8,13H,1H3. The lowest BCUT2D eigenvalue weighted by molar-refractivity contribution is 0.159. The third kappa shape index (κ3) is 3.99. The first-order valence-corrected chi connectivity index (χ1v) is 8.77. The SMILES string of the molecule is Cn1ccc(C2(Oc3cnc(Cl)nc3)C=CC(F)(Cl)C(SC(F)F)=C2)n1. The number of alkyl halides is 4. The fourth-order valence-electron chi connectivity index (χ4n) is 2.30. The second kappa shape index (κ2) is 7.13. The summed E-state index contributed by atoms with van der Waals surface area (Å²) >= 11 is 11.4. The number of thioether (sulfide) groups is 1. The van der Waals surface area contributed by atoms with Crippen LogP contribution in [-0.2, 0) is 12.6 Å². The lowest BCUT2D eigenvalue weighted by Gasteiger charge is -2.33. The number of aromatic nitrogens is 4. The highest BCUT2D eigenvalue weighted by molar-refractivity contribution is 8.03. The second-order valence-electron chi connectivity index (χ2n) is 5.30. The van der Waals surface area contributed by atoms with Crippen LogP contribution in [-0.4, -0.2) is 30.6 Å². The van der Waals surface area contributed by atoms with Gasteiger partial charge in [-0.3, -0.25) is 4.68 Å². The molecule has 26 heavy (non-hydrogen) atoms. The Balaban J connectivity index is 2.09. The minimum atomic E-state index is -2.86. The molecule has 2 aromatic rings. The molecule has 2 heterocycles. The lowest BCUT2D eigenvalue weighted by atomic mass is 9.93. The molecular weight excluding hydrogens is 412 g/mol. The predicted octanol–water partition coefficient (Wildman–Crippen LogP) is 4.45. The molecule has 2 atom stereocenters. The number of allylic oxidation sites excluding steroid dienone is 2. The van der Waals surface area contributed by atoms with E-state index in [1.807, 2.05) is 0 Å². The van der Waals surface area contributed by atoms with E-state index in [0.29, 0.717) is 5.69 Å². The number of ether oxygens (including phenoxy) is 1. The van der Waals surface area contributed by atoms with Gasteiger partial charge in [-0.2, -0.15) is 13.9 Å². The molecule has 0 spiro atoms. The Morgan fingerprint density at radius 2 is 1.96 bits per heavy atom. The molecule has 2 aromatic heterocycles. The number of halogens is 5. The molecule has 0 aliphatic heterocycles. The van der Waals surface area contributed by atoms with Crippen LogP contribution in [0.4, 0.5) is 13.2 Å². The fraction of sp³-hybridized carbons (Fsp3) is 0.267. The topological polar surface area (TPSA) is 52.8 Å².